The molecular weight excluding hydrogens is 148 g/mol. The molecule has 1 aliphatic rings. The van der Waals surface area contributed by atoms with Gasteiger partial charge in [-0.1, -0.05) is 6.92 Å². The zero-order chi connectivity index (χ0) is 6.69. The summed E-state index contributed by atoms with van der Waals surface area (Å²) in [6.45, 7) is 5.78. The van der Waals surface area contributed by atoms with Gasteiger partial charge in [0.2, 0.25) is 0 Å². The van der Waals surface area contributed by atoms with Gasteiger partial charge in [0, 0.05) is 25.7 Å². The summed E-state index contributed by atoms with van der Waals surface area (Å²) in [5.41, 5.74) is 0. The Balaban J connectivity index is 0.000000810. The first-order chi connectivity index (χ1) is 4.34. The van der Waals surface area contributed by atoms with Crippen LogP contribution >= 0.6 is 12.4 Å². The van der Waals surface area contributed by atoms with Crippen LogP contribution in [0.4, 0.5) is 0 Å². The van der Waals surface area contributed by atoms with Crippen molar-refractivity contribution in [3.63, 3.8) is 0 Å². The van der Waals surface area contributed by atoms with Gasteiger partial charge < -0.3 is 10.2 Å². The fraction of sp³-hybridized carbons (Fsp3) is 1.00. The first-order valence-corrected chi connectivity index (χ1v) is 3.75. The zero-order valence-corrected chi connectivity index (χ0v) is 7.58. The standard InChI is InChI=1S/C7H16N2.ClH/c1-3-7-6-8-4-5-9(7)2;/h7-8H,3-6H2,1-2H3;1H. The molecular formula is C7H17ClN2. The van der Waals surface area contributed by atoms with Crippen molar-refractivity contribution in [1.82, 2.24) is 10.2 Å². The van der Waals surface area contributed by atoms with Gasteiger partial charge in [0.15, 0.2) is 0 Å². The van der Waals surface area contributed by atoms with Crippen molar-refractivity contribution >= 4 is 12.4 Å². The molecule has 1 atom stereocenters. The van der Waals surface area contributed by atoms with Gasteiger partial charge in [0.25, 0.3) is 0 Å². The van der Waals surface area contributed by atoms with Crippen molar-refractivity contribution in [2.75, 3.05) is 26.7 Å². The first kappa shape index (κ1) is 10.2. The second-order valence-corrected chi connectivity index (χ2v) is 2.75. The lowest BCUT2D eigenvalue weighted by Gasteiger charge is -2.32. The number of rotatable bonds is 1. The second kappa shape index (κ2) is 4.94. The van der Waals surface area contributed by atoms with E-state index < -0.39 is 0 Å². The van der Waals surface area contributed by atoms with Crippen molar-refractivity contribution in [2.45, 2.75) is 19.4 Å². The fourth-order valence-corrected chi connectivity index (χ4v) is 1.32. The minimum Gasteiger partial charge on any atom is -0.314 e. The van der Waals surface area contributed by atoms with Gasteiger partial charge in [-0.15, -0.1) is 12.4 Å². The van der Waals surface area contributed by atoms with Gasteiger partial charge in [-0.2, -0.15) is 0 Å². The Morgan fingerprint density at radius 1 is 1.60 bits per heavy atom. The van der Waals surface area contributed by atoms with E-state index in [0.717, 1.165) is 12.6 Å². The molecule has 1 N–H and O–H groups in total. The molecule has 0 aromatic heterocycles. The molecule has 1 rings (SSSR count). The van der Waals surface area contributed by atoms with E-state index in [2.05, 4.69) is 24.2 Å². The van der Waals surface area contributed by atoms with E-state index >= 15 is 0 Å². The van der Waals surface area contributed by atoms with Crippen molar-refractivity contribution < 1.29 is 0 Å². The lowest BCUT2D eigenvalue weighted by molar-refractivity contribution is 0.195. The maximum absolute atomic E-state index is 3.37. The van der Waals surface area contributed by atoms with E-state index in [1.165, 1.54) is 19.5 Å². The highest BCUT2D eigenvalue weighted by Gasteiger charge is 2.15. The van der Waals surface area contributed by atoms with Crippen LogP contribution in [0.2, 0.25) is 0 Å². The number of nitrogens with one attached hydrogen (secondary N) is 1. The summed E-state index contributed by atoms with van der Waals surface area (Å²) in [4.78, 5) is 2.43. The number of halogens is 1. The maximum Gasteiger partial charge on any atom is 0.0215 e. The Morgan fingerprint density at radius 2 is 2.30 bits per heavy atom. The summed E-state index contributed by atoms with van der Waals surface area (Å²) < 4.78 is 0. The number of nitrogens with zero attached hydrogens (tertiary/aromatic N) is 1. The molecule has 0 aromatic rings. The molecule has 0 radical (unpaired) electrons. The maximum atomic E-state index is 3.37. The Labute approximate surface area is 69.4 Å². The summed E-state index contributed by atoms with van der Waals surface area (Å²) in [5.74, 6) is 0. The average molecular weight is 165 g/mol. The lowest BCUT2D eigenvalue weighted by Crippen LogP contribution is -2.48. The number of likely N-dealkylation sites (N-methyl/N-ethyl adjacent to an activating group) is 1. The molecule has 0 amide bonds. The van der Waals surface area contributed by atoms with Crippen LogP contribution in [-0.4, -0.2) is 37.6 Å². The van der Waals surface area contributed by atoms with Crippen LogP contribution in [0.25, 0.3) is 0 Å². The van der Waals surface area contributed by atoms with Crippen LogP contribution in [0.1, 0.15) is 13.3 Å². The Morgan fingerprint density at radius 3 is 2.70 bits per heavy atom. The Hall–Kier alpha value is 0.210. The molecule has 62 valence electrons. The molecule has 0 spiro atoms. The SMILES string of the molecule is CCC1CNCCN1C.Cl. The molecule has 0 aromatic carbocycles. The van der Waals surface area contributed by atoms with Gasteiger partial charge in [0.05, 0.1) is 0 Å². The molecule has 1 fully saturated rings. The van der Waals surface area contributed by atoms with E-state index in [0.29, 0.717) is 0 Å². The predicted octanol–water partition coefficient (Wildman–Crippen LogP) is 0.722. The van der Waals surface area contributed by atoms with Crippen molar-refractivity contribution in [2.24, 2.45) is 0 Å². The van der Waals surface area contributed by atoms with Gasteiger partial charge in [0.1, 0.15) is 0 Å². The summed E-state index contributed by atoms with van der Waals surface area (Å²) >= 11 is 0. The van der Waals surface area contributed by atoms with Crippen LogP contribution < -0.4 is 5.32 Å². The predicted molar refractivity (Wildman–Crippen MR) is 46.8 cm³/mol. The summed E-state index contributed by atoms with van der Waals surface area (Å²) in [6.07, 6.45) is 1.27. The molecule has 1 saturated heterocycles. The molecule has 3 heteroatoms. The molecule has 1 unspecified atom stereocenters. The van der Waals surface area contributed by atoms with E-state index in [1.54, 1.807) is 0 Å². The molecule has 1 aliphatic heterocycles. The van der Waals surface area contributed by atoms with Crippen LogP contribution in [0.5, 0.6) is 0 Å². The Bertz CT molecular complexity index is 87.7. The largest absolute Gasteiger partial charge is 0.314 e. The highest BCUT2D eigenvalue weighted by molar-refractivity contribution is 5.85. The zero-order valence-electron chi connectivity index (χ0n) is 6.76. The van der Waals surface area contributed by atoms with Crippen molar-refractivity contribution in [1.29, 1.82) is 0 Å². The van der Waals surface area contributed by atoms with E-state index in [4.69, 9.17) is 0 Å². The molecule has 2 nitrogen and oxygen atoms in total. The van der Waals surface area contributed by atoms with Gasteiger partial charge in [-0.25, -0.2) is 0 Å². The van der Waals surface area contributed by atoms with E-state index in [1.807, 2.05) is 0 Å². The highest BCUT2D eigenvalue weighted by Crippen LogP contribution is 2.02. The third-order valence-electron chi connectivity index (χ3n) is 2.12. The number of piperazine rings is 1. The molecule has 0 bridgehead atoms. The minimum absolute atomic E-state index is 0. The normalized spacial score (nSPS) is 27.6. The smallest absolute Gasteiger partial charge is 0.0215 e. The molecule has 10 heavy (non-hydrogen) atoms. The summed E-state index contributed by atoms with van der Waals surface area (Å²) in [5, 5.41) is 3.37. The summed E-state index contributed by atoms with van der Waals surface area (Å²) in [7, 11) is 2.20. The third kappa shape index (κ3) is 2.45. The van der Waals surface area contributed by atoms with Crippen LogP contribution in [0.3, 0.4) is 0 Å². The quantitative estimate of drug-likeness (QED) is 0.615. The third-order valence-corrected chi connectivity index (χ3v) is 2.12. The van der Waals surface area contributed by atoms with Crippen molar-refractivity contribution in [3.8, 4) is 0 Å². The van der Waals surface area contributed by atoms with Gasteiger partial charge >= 0.3 is 0 Å². The lowest BCUT2D eigenvalue weighted by atomic mass is 10.1. The van der Waals surface area contributed by atoms with Crippen LogP contribution in [0, 0.1) is 0 Å². The number of hydrogen-bond donors (Lipinski definition) is 1. The topological polar surface area (TPSA) is 15.3 Å². The van der Waals surface area contributed by atoms with Gasteiger partial charge in [-0.3, -0.25) is 0 Å². The molecule has 0 saturated carbocycles. The minimum atomic E-state index is 0. The summed E-state index contributed by atoms with van der Waals surface area (Å²) in [6, 6.07) is 0.777. The van der Waals surface area contributed by atoms with Crippen LogP contribution in [0.15, 0.2) is 0 Å². The second-order valence-electron chi connectivity index (χ2n) is 2.75. The molecule has 0 aliphatic carbocycles. The number of hydrogen-bond acceptors (Lipinski definition) is 2. The van der Waals surface area contributed by atoms with Crippen molar-refractivity contribution in [3.05, 3.63) is 0 Å². The van der Waals surface area contributed by atoms with E-state index in [-0.39, 0.29) is 12.4 Å². The fourth-order valence-electron chi connectivity index (χ4n) is 1.32. The molecule has 1 heterocycles. The highest BCUT2D eigenvalue weighted by atomic mass is 35.5. The van der Waals surface area contributed by atoms with E-state index in [9.17, 15) is 0 Å². The van der Waals surface area contributed by atoms with Crippen LogP contribution in [-0.2, 0) is 0 Å². The Kier molecular flexibility index (Phi) is 5.04. The first-order valence-electron chi connectivity index (χ1n) is 3.75. The van der Waals surface area contributed by atoms with Gasteiger partial charge in [-0.05, 0) is 13.5 Å². The average Bonchev–Trinajstić information content (AvgIpc) is 1.89. The monoisotopic (exact) mass is 164 g/mol.